The van der Waals surface area contributed by atoms with E-state index in [-0.39, 0.29) is 11.8 Å². The van der Waals surface area contributed by atoms with Gasteiger partial charge in [-0.3, -0.25) is 19.5 Å². The highest BCUT2D eigenvalue weighted by molar-refractivity contribution is 5.97. The maximum absolute atomic E-state index is 12.5. The summed E-state index contributed by atoms with van der Waals surface area (Å²) in [4.78, 5) is 33.1. The van der Waals surface area contributed by atoms with E-state index < -0.39 is 18.2 Å². The zero-order valence-corrected chi connectivity index (χ0v) is 14.6. The van der Waals surface area contributed by atoms with Gasteiger partial charge in [0.05, 0.1) is 11.6 Å². The van der Waals surface area contributed by atoms with Gasteiger partial charge in [-0.2, -0.15) is 0 Å². The summed E-state index contributed by atoms with van der Waals surface area (Å²) in [5, 5.41) is 13.5. The van der Waals surface area contributed by atoms with Gasteiger partial charge in [-0.1, -0.05) is 18.2 Å². The maximum Gasteiger partial charge on any atom is 0.248 e. The SMILES string of the molecule is C[C@@H](O)[C@@H]1NC(=O)[C@H]2CN(Cc3cccc4ncccc34)CCN2C1=O. The van der Waals surface area contributed by atoms with Crippen LogP contribution in [-0.2, 0) is 16.1 Å². The largest absolute Gasteiger partial charge is 0.391 e. The van der Waals surface area contributed by atoms with Crippen LogP contribution in [0.15, 0.2) is 36.5 Å². The first-order valence-electron chi connectivity index (χ1n) is 8.88. The summed E-state index contributed by atoms with van der Waals surface area (Å²) < 4.78 is 0. The number of rotatable bonds is 3. The molecule has 2 aromatic rings. The Morgan fingerprint density at radius 2 is 2.12 bits per heavy atom. The van der Waals surface area contributed by atoms with E-state index in [1.54, 1.807) is 11.1 Å². The number of nitrogens with one attached hydrogen (secondary N) is 1. The van der Waals surface area contributed by atoms with E-state index in [1.165, 1.54) is 6.92 Å². The standard InChI is InChI=1S/C19H22N4O3/c1-12(24)17-19(26)23-9-8-22(11-16(23)18(25)21-17)10-13-4-2-6-15-14(13)5-3-7-20-15/h2-7,12,16-17,24H,8-11H2,1H3,(H,21,25)/t12-,16-,17+/m1/s1. The molecule has 2 saturated heterocycles. The van der Waals surface area contributed by atoms with Crippen molar-refractivity contribution >= 4 is 22.7 Å². The third-order valence-electron chi connectivity index (χ3n) is 5.23. The molecule has 1 aromatic carbocycles. The summed E-state index contributed by atoms with van der Waals surface area (Å²) in [6.45, 7) is 3.89. The normalized spacial score (nSPS) is 25.1. The number of hydrogen-bond donors (Lipinski definition) is 2. The Balaban J connectivity index is 1.52. The van der Waals surface area contributed by atoms with E-state index in [2.05, 4.69) is 27.3 Å². The van der Waals surface area contributed by atoms with E-state index in [4.69, 9.17) is 0 Å². The number of hydrogen-bond acceptors (Lipinski definition) is 5. The lowest BCUT2D eigenvalue weighted by Crippen LogP contribution is -2.70. The molecule has 7 heteroatoms. The van der Waals surface area contributed by atoms with Crippen LogP contribution in [0.1, 0.15) is 12.5 Å². The number of aliphatic hydroxyl groups is 1. The molecule has 2 aliphatic heterocycles. The second-order valence-electron chi connectivity index (χ2n) is 7.00. The first kappa shape index (κ1) is 16.9. The van der Waals surface area contributed by atoms with Crippen LogP contribution in [0.5, 0.6) is 0 Å². The lowest BCUT2D eigenvalue weighted by molar-refractivity contribution is -0.156. The molecule has 7 nitrogen and oxygen atoms in total. The molecule has 0 unspecified atom stereocenters. The van der Waals surface area contributed by atoms with Crippen molar-refractivity contribution < 1.29 is 14.7 Å². The van der Waals surface area contributed by atoms with Crippen molar-refractivity contribution in [3.63, 3.8) is 0 Å². The van der Waals surface area contributed by atoms with Crippen molar-refractivity contribution in [1.29, 1.82) is 0 Å². The fourth-order valence-electron chi connectivity index (χ4n) is 3.83. The Bertz CT molecular complexity index is 848. The summed E-state index contributed by atoms with van der Waals surface area (Å²) in [5.74, 6) is -0.390. The number of fused-ring (bicyclic) bond motifs is 2. The van der Waals surface area contributed by atoms with Crippen molar-refractivity contribution in [1.82, 2.24) is 20.1 Å². The number of aliphatic hydroxyl groups excluding tert-OH is 1. The Hall–Kier alpha value is -2.51. The fourth-order valence-corrected chi connectivity index (χ4v) is 3.83. The third-order valence-corrected chi connectivity index (χ3v) is 5.23. The molecule has 2 aliphatic rings. The first-order chi connectivity index (χ1) is 12.5. The molecule has 0 spiro atoms. The molecule has 26 heavy (non-hydrogen) atoms. The number of carbonyl (C=O) groups excluding carboxylic acids is 2. The molecule has 2 amide bonds. The van der Waals surface area contributed by atoms with Gasteiger partial charge in [0.25, 0.3) is 0 Å². The fraction of sp³-hybridized carbons (Fsp3) is 0.421. The number of aromatic nitrogens is 1. The van der Waals surface area contributed by atoms with Gasteiger partial charge in [0.1, 0.15) is 12.1 Å². The predicted molar refractivity (Wildman–Crippen MR) is 96.1 cm³/mol. The zero-order valence-electron chi connectivity index (χ0n) is 14.6. The molecule has 2 fully saturated rings. The molecule has 0 aliphatic carbocycles. The van der Waals surface area contributed by atoms with Gasteiger partial charge >= 0.3 is 0 Å². The Morgan fingerprint density at radius 1 is 1.27 bits per heavy atom. The highest BCUT2D eigenvalue weighted by Gasteiger charge is 2.44. The minimum Gasteiger partial charge on any atom is -0.391 e. The summed E-state index contributed by atoms with van der Waals surface area (Å²) in [5.41, 5.74) is 2.11. The lowest BCUT2D eigenvalue weighted by atomic mass is 10.0. The van der Waals surface area contributed by atoms with Crippen LogP contribution in [-0.4, -0.2) is 69.5 Å². The molecular weight excluding hydrogens is 332 g/mol. The van der Waals surface area contributed by atoms with Gasteiger partial charge in [-0.05, 0) is 24.6 Å². The van der Waals surface area contributed by atoms with Crippen LogP contribution in [0.3, 0.4) is 0 Å². The van der Waals surface area contributed by atoms with Crippen molar-refractivity contribution in [3.8, 4) is 0 Å². The molecule has 2 N–H and O–H groups in total. The quantitative estimate of drug-likeness (QED) is 0.818. The number of carbonyl (C=O) groups is 2. The average molecular weight is 354 g/mol. The van der Waals surface area contributed by atoms with Crippen LogP contribution in [0.2, 0.25) is 0 Å². The molecule has 3 heterocycles. The Kier molecular flexibility index (Phi) is 4.34. The summed E-state index contributed by atoms with van der Waals surface area (Å²) in [7, 11) is 0. The van der Waals surface area contributed by atoms with E-state index in [0.717, 1.165) is 16.5 Å². The molecule has 136 valence electrons. The van der Waals surface area contributed by atoms with E-state index in [9.17, 15) is 14.7 Å². The molecule has 0 bridgehead atoms. The maximum atomic E-state index is 12.5. The van der Waals surface area contributed by atoms with E-state index >= 15 is 0 Å². The monoisotopic (exact) mass is 354 g/mol. The number of amides is 2. The smallest absolute Gasteiger partial charge is 0.248 e. The van der Waals surface area contributed by atoms with Crippen LogP contribution in [0, 0.1) is 0 Å². The molecule has 0 saturated carbocycles. The van der Waals surface area contributed by atoms with Gasteiger partial charge in [0, 0.05) is 37.8 Å². The summed E-state index contributed by atoms with van der Waals surface area (Å²) >= 11 is 0. The van der Waals surface area contributed by atoms with Crippen molar-refractivity contribution in [2.75, 3.05) is 19.6 Å². The minimum atomic E-state index is -0.895. The lowest BCUT2D eigenvalue weighted by Gasteiger charge is -2.45. The minimum absolute atomic E-state index is 0.195. The van der Waals surface area contributed by atoms with Gasteiger partial charge in [-0.25, -0.2) is 0 Å². The van der Waals surface area contributed by atoms with Crippen molar-refractivity contribution in [2.45, 2.75) is 31.7 Å². The Morgan fingerprint density at radius 3 is 2.92 bits per heavy atom. The van der Waals surface area contributed by atoms with Gasteiger partial charge in [0.2, 0.25) is 11.8 Å². The predicted octanol–water partition coefficient (Wildman–Crippen LogP) is 0.127. The highest BCUT2D eigenvalue weighted by atomic mass is 16.3. The van der Waals surface area contributed by atoms with Gasteiger partial charge < -0.3 is 15.3 Å². The van der Waals surface area contributed by atoms with E-state index in [1.807, 2.05) is 18.2 Å². The highest BCUT2D eigenvalue weighted by Crippen LogP contribution is 2.22. The van der Waals surface area contributed by atoms with Crippen LogP contribution in [0.25, 0.3) is 10.9 Å². The first-order valence-corrected chi connectivity index (χ1v) is 8.88. The van der Waals surface area contributed by atoms with Crippen molar-refractivity contribution in [2.24, 2.45) is 0 Å². The van der Waals surface area contributed by atoms with Crippen LogP contribution >= 0.6 is 0 Å². The molecule has 1 aromatic heterocycles. The molecule has 4 rings (SSSR count). The Labute approximate surface area is 151 Å². The number of piperazine rings is 2. The molecular formula is C19H22N4O3. The van der Waals surface area contributed by atoms with Crippen LogP contribution < -0.4 is 5.32 Å². The van der Waals surface area contributed by atoms with Gasteiger partial charge in [0.15, 0.2) is 0 Å². The second-order valence-corrected chi connectivity index (χ2v) is 7.00. The summed E-state index contributed by atoms with van der Waals surface area (Å²) in [6.07, 6.45) is 0.884. The summed E-state index contributed by atoms with van der Waals surface area (Å²) in [6, 6.07) is 8.69. The topological polar surface area (TPSA) is 85.8 Å². The van der Waals surface area contributed by atoms with E-state index in [0.29, 0.717) is 26.2 Å². The number of nitrogens with zero attached hydrogens (tertiary/aromatic N) is 3. The van der Waals surface area contributed by atoms with Crippen LogP contribution in [0.4, 0.5) is 0 Å². The number of pyridine rings is 1. The number of benzene rings is 1. The molecule has 3 atom stereocenters. The third kappa shape index (κ3) is 2.93. The average Bonchev–Trinajstić information content (AvgIpc) is 2.65. The second kappa shape index (κ2) is 6.66. The van der Waals surface area contributed by atoms with Gasteiger partial charge in [-0.15, -0.1) is 0 Å². The molecule has 0 radical (unpaired) electrons. The van der Waals surface area contributed by atoms with Crippen molar-refractivity contribution in [3.05, 3.63) is 42.1 Å². The zero-order chi connectivity index (χ0) is 18.3.